The fourth-order valence-corrected chi connectivity index (χ4v) is 4.06. The quantitative estimate of drug-likeness (QED) is 0.892. The lowest BCUT2D eigenvalue weighted by molar-refractivity contribution is 0.197. The first-order valence-corrected chi connectivity index (χ1v) is 8.19. The van der Waals surface area contributed by atoms with Crippen LogP contribution in [0.5, 0.6) is 0 Å². The molecule has 1 saturated heterocycles. The molecule has 0 atom stereocenters. The van der Waals surface area contributed by atoms with E-state index in [1.807, 2.05) is 0 Å². The monoisotopic (exact) mass is 298 g/mol. The standard InChI is InChI=1S/C13H22N4O2S/c1-14-12-4-7-15-10-13(12)20(18,19)17(3)11-5-8-16(2)9-6-11/h4,7,10-11H,5-6,8-9H2,1-3H3,(H,14,15). The van der Waals surface area contributed by atoms with Crippen LogP contribution in [0.25, 0.3) is 0 Å². The number of sulfonamides is 1. The summed E-state index contributed by atoms with van der Waals surface area (Å²) in [6.07, 6.45) is 4.72. The first-order valence-electron chi connectivity index (χ1n) is 6.75. The van der Waals surface area contributed by atoms with Gasteiger partial charge in [-0.25, -0.2) is 8.42 Å². The van der Waals surface area contributed by atoms with Crippen LogP contribution in [0, 0.1) is 0 Å². The third-order valence-electron chi connectivity index (χ3n) is 3.91. The maximum Gasteiger partial charge on any atom is 0.246 e. The highest BCUT2D eigenvalue weighted by atomic mass is 32.2. The molecule has 1 N–H and O–H groups in total. The van der Waals surface area contributed by atoms with Gasteiger partial charge in [0, 0.05) is 32.5 Å². The van der Waals surface area contributed by atoms with E-state index < -0.39 is 10.0 Å². The largest absolute Gasteiger partial charge is 0.387 e. The molecule has 0 saturated carbocycles. The Morgan fingerprint density at radius 3 is 2.65 bits per heavy atom. The lowest BCUT2D eigenvalue weighted by atomic mass is 10.1. The van der Waals surface area contributed by atoms with E-state index in [1.165, 1.54) is 10.5 Å². The van der Waals surface area contributed by atoms with Gasteiger partial charge in [0.1, 0.15) is 4.90 Å². The van der Waals surface area contributed by atoms with Crippen molar-refractivity contribution in [2.75, 3.05) is 39.5 Å². The zero-order valence-corrected chi connectivity index (χ0v) is 13.0. The molecule has 0 spiro atoms. The van der Waals surface area contributed by atoms with Gasteiger partial charge in [0.2, 0.25) is 10.0 Å². The minimum absolute atomic E-state index is 0.0566. The van der Waals surface area contributed by atoms with Crippen molar-refractivity contribution in [2.45, 2.75) is 23.8 Å². The van der Waals surface area contributed by atoms with Crippen LogP contribution in [0.4, 0.5) is 5.69 Å². The predicted molar refractivity (Wildman–Crippen MR) is 79.3 cm³/mol. The number of nitrogens with zero attached hydrogens (tertiary/aromatic N) is 3. The second-order valence-corrected chi connectivity index (χ2v) is 7.14. The lowest BCUT2D eigenvalue weighted by Crippen LogP contribution is -2.44. The van der Waals surface area contributed by atoms with Crippen LogP contribution in [0.15, 0.2) is 23.4 Å². The number of hydrogen-bond donors (Lipinski definition) is 1. The van der Waals surface area contributed by atoms with Crippen LogP contribution in [-0.4, -0.2) is 62.9 Å². The Hall–Kier alpha value is -1.18. The molecule has 1 aliphatic heterocycles. The zero-order chi connectivity index (χ0) is 14.8. The molecule has 2 heterocycles. The Bertz CT molecular complexity index is 553. The third-order valence-corrected chi connectivity index (χ3v) is 5.85. The lowest BCUT2D eigenvalue weighted by Gasteiger charge is -2.34. The number of aromatic nitrogens is 1. The number of piperidine rings is 1. The Kier molecular flexibility index (Phi) is 4.62. The van der Waals surface area contributed by atoms with Crippen molar-refractivity contribution in [3.8, 4) is 0 Å². The van der Waals surface area contributed by atoms with Crippen molar-refractivity contribution >= 4 is 15.7 Å². The summed E-state index contributed by atoms with van der Waals surface area (Å²) in [5.74, 6) is 0. The molecule has 2 rings (SSSR count). The maximum atomic E-state index is 12.7. The molecule has 0 bridgehead atoms. The molecular formula is C13H22N4O2S. The van der Waals surface area contributed by atoms with Crippen LogP contribution in [-0.2, 0) is 10.0 Å². The molecule has 1 aliphatic rings. The highest BCUT2D eigenvalue weighted by Crippen LogP contribution is 2.26. The summed E-state index contributed by atoms with van der Waals surface area (Å²) in [6, 6.07) is 1.73. The molecule has 7 heteroatoms. The van der Waals surface area contributed by atoms with E-state index in [9.17, 15) is 8.42 Å². The number of nitrogens with one attached hydrogen (secondary N) is 1. The van der Waals surface area contributed by atoms with Gasteiger partial charge in [-0.15, -0.1) is 0 Å². The normalized spacial score (nSPS) is 18.4. The average Bonchev–Trinajstić information content (AvgIpc) is 2.47. The summed E-state index contributed by atoms with van der Waals surface area (Å²) in [5.41, 5.74) is 0.583. The van der Waals surface area contributed by atoms with E-state index in [4.69, 9.17) is 0 Å². The highest BCUT2D eigenvalue weighted by Gasteiger charge is 2.31. The van der Waals surface area contributed by atoms with Crippen molar-refractivity contribution in [3.63, 3.8) is 0 Å². The molecule has 0 radical (unpaired) electrons. The summed E-state index contributed by atoms with van der Waals surface area (Å²) in [7, 11) is 1.93. The van der Waals surface area contributed by atoms with E-state index in [2.05, 4.69) is 22.2 Å². The van der Waals surface area contributed by atoms with Crippen LogP contribution < -0.4 is 5.32 Å². The summed E-state index contributed by atoms with van der Waals surface area (Å²) in [6.45, 7) is 1.85. The Morgan fingerprint density at radius 1 is 1.40 bits per heavy atom. The first-order chi connectivity index (χ1) is 9.46. The van der Waals surface area contributed by atoms with Gasteiger partial charge in [-0.3, -0.25) is 4.98 Å². The first kappa shape index (κ1) is 15.2. The number of hydrogen-bond acceptors (Lipinski definition) is 5. The number of anilines is 1. The van der Waals surface area contributed by atoms with Crippen molar-refractivity contribution < 1.29 is 8.42 Å². The van der Waals surface area contributed by atoms with E-state index in [0.717, 1.165) is 25.9 Å². The maximum absolute atomic E-state index is 12.7. The second kappa shape index (κ2) is 6.07. The van der Waals surface area contributed by atoms with Gasteiger partial charge in [0.25, 0.3) is 0 Å². The molecule has 0 aliphatic carbocycles. The topological polar surface area (TPSA) is 65.5 Å². The molecular weight excluding hydrogens is 276 g/mol. The summed E-state index contributed by atoms with van der Waals surface area (Å²) < 4.78 is 26.9. The molecule has 0 aromatic carbocycles. The Morgan fingerprint density at radius 2 is 2.05 bits per heavy atom. The number of likely N-dealkylation sites (tertiary alicyclic amines) is 1. The number of rotatable bonds is 4. The van der Waals surface area contributed by atoms with Crippen molar-refractivity contribution in [3.05, 3.63) is 18.5 Å². The molecule has 20 heavy (non-hydrogen) atoms. The van der Waals surface area contributed by atoms with Gasteiger partial charge in [-0.2, -0.15) is 4.31 Å². The highest BCUT2D eigenvalue weighted by molar-refractivity contribution is 7.89. The summed E-state index contributed by atoms with van der Waals surface area (Å²) in [5, 5.41) is 2.91. The smallest absolute Gasteiger partial charge is 0.246 e. The van der Waals surface area contributed by atoms with Gasteiger partial charge in [0.15, 0.2) is 0 Å². The number of pyridine rings is 1. The van der Waals surface area contributed by atoms with E-state index in [0.29, 0.717) is 5.69 Å². The van der Waals surface area contributed by atoms with Crippen LogP contribution in [0.2, 0.25) is 0 Å². The van der Waals surface area contributed by atoms with Gasteiger partial charge < -0.3 is 10.2 Å². The van der Waals surface area contributed by atoms with Gasteiger partial charge >= 0.3 is 0 Å². The second-order valence-electron chi connectivity index (χ2n) is 5.18. The molecule has 0 amide bonds. The van der Waals surface area contributed by atoms with Gasteiger partial charge in [0.05, 0.1) is 5.69 Å². The minimum atomic E-state index is -3.51. The average molecular weight is 298 g/mol. The summed E-state index contributed by atoms with van der Waals surface area (Å²) >= 11 is 0. The fraction of sp³-hybridized carbons (Fsp3) is 0.615. The van der Waals surface area contributed by atoms with Crippen LogP contribution in [0.3, 0.4) is 0 Å². The summed E-state index contributed by atoms with van der Waals surface area (Å²) in [4.78, 5) is 6.41. The molecule has 0 unspecified atom stereocenters. The Balaban J connectivity index is 2.25. The fourth-order valence-electron chi connectivity index (χ4n) is 2.50. The van der Waals surface area contributed by atoms with Crippen molar-refractivity contribution in [1.82, 2.24) is 14.2 Å². The van der Waals surface area contributed by atoms with Crippen molar-refractivity contribution in [1.29, 1.82) is 0 Å². The molecule has 6 nitrogen and oxygen atoms in total. The van der Waals surface area contributed by atoms with Gasteiger partial charge in [-0.1, -0.05) is 0 Å². The SMILES string of the molecule is CNc1ccncc1S(=O)(=O)N(C)C1CCN(C)CC1. The third kappa shape index (κ3) is 2.94. The van der Waals surface area contributed by atoms with E-state index in [-0.39, 0.29) is 10.9 Å². The van der Waals surface area contributed by atoms with Crippen LogP contribution in [0.1, 0.15) is 12.8 Å². The predicted octanol–water partition coefficient (Wildman–Crippen LogP) is 0.838. The van der Waals surface area contributed by atoms with Crippen molar-refractivity contribution in [2.24, 2.45) is 0 Å². The molecule has 112 valence electrons. The van der Waals surface area contributed by atoms with Gasteiger partial charge in [-0.05, 0) is 39.0 Å². The molecule has 1 aromatic heterocycles. The minimum Gasteiger partial charge on any atom is -0.387 e. The van der Waals surface area contributed by atoms with E-state index in [1.54, 1.807) is 26.4 Å². The molecule has 1 fully saturated rings. The Labute approximate surface area is 120 Å². The zero-order valence-electron chi connectivity index (χ0n) is 12.2. The molecule has 1 aromatic rings. The van der Waals surface area contributed by atoms with Crippen LogP contribution >= 0.6 is 0 Å². The van der Waals surface area contributed by atoms with E-state index >= 15 is 0 Å².